The highest BCUT2D eigenvalue weighted by atomic mass is 19.1. The van der Waals surface area contributed by atoms with Crippen LogP contribution in [-0.2, 0) is 4.79 Å². The van der Waals surface area contributed by atoms with Gasteiger partial charge in [-0.2, -0.15) is 0 Å². The smallest absolute Gasteiger partial charge is 0.232 e. The highest BCUT2D eigenvalue weighted by Crippen LogP contribution is 2.44. The maximum atomic E-state index is 13.7. The monoisotopic (exact) mass is 445 g/mol. The molecule has 0 atom stereocenters. The molecule has 33 heavy (non-hydrogen) atoms. The van der Waals surface area contributed by atoms with Crippen LogP contribution in [0.4, 0.5) is 15.9 Å². The molecule has 7 nitrogen and oxygen atoms in total. The first-order valence-corrected chi connectivity index (χ1v) is 10.9. The van der Waals surface area contributed by atoms with Crippen LogP contribution >= 0.6 is 0 Å². The van der Waals surface area contributed by atoms with Crippen molar-refractivity contribution in [2.45, 2.75) is 18.9 Å². The van der Waals surface area contributed by atoms with Crippen LogP contribution in [0.5, 0.6) is 0 Å². The van der Waals surface area contributed by atoms with Crippen molar-refractivity contribution in [2.24, 2.45) is 5.73 Å². The van der Waals surface area contributed by atoms with Crippen LogP contribution in [0.2, 0.25) is 0 Å². The molecule has 4 aromatic rings. The molecule has 1 amide bonds. The zero-order valence-electron chi connectivity index (χ0n) is 18.2. The minimum atomic E-state index is -0.309. The first kappa shape index (κ1) is 21.1. The van der Waals surface area contributed by atoms with E-state index >= 15 is 0 Å². The number of anilines is 2. The Morgan fingerprint density at radius 3 is 2.39 bits per heavy atom. The number of hydrogen-bond donors (Lipinski definition) is 1. The van der Waals surface area contributed by atoms with Crippen molar-refractivity contribution in [3.05, 3.63) is 60.7 Å². The number of halogens is 1. The number of benzene rings is 2. The SMILES string of the molecule is CN(C=O)c1ccc(-c2oc3ncnc(N4CCC(N)CC4)c3c2-c2ccc(F)cc2)cc1. The van der Waals surface area contributed by atoms with Gasteiger partial charge >= 0.3 is 0 Å². The Morgan fingerprint density at radius 2 is 1.73 bits per heavy atom. The maximum Gasteiger partial charge on any atom is 0.232 e. The van der Waals surface area contributed by atoms with Gasteiger partial charge in [-0.05, 0) is 54.8 Å². The van der Waals surface area contributed by atoms with Crippen molar-refractivity contribution in [1.29, 1.82) is 0 Å². The van der Waals surface area contributed by atoms with Crippen molar-refractivity contribution in [3.63, 3.8) is 0 Å². The third kappa shape index (κ3) is 3.93. The van der Waals surface area contributed by atoms with Crippen LogP contribution in [0.1, 0.15) is 12.8 Å². The summed E-state index contributed by atoms with van der Waals surface area (Å²) < 4.78 is 20.0. The molecule has 0 saturated carbocycles. The Kier molecular flexibility index (Phi) is 5.51. The molecule has 168 valence electrons. The lowest BCUT2D eigenvalue weighted by molar-refractivity contribution is -0.107. The number of carbonyl (C=O) groups excluding carboxylic acids is 1. The summed E-state index contributed by atoms with van der Waals surface area (Å²) in [5, 5.41) is 0.795. The van der Waals surface area contributed by atoms with Crippen LogP contribution in [0.15, 0.2) is 59.3 Å². The number of aromatic nitrogens is 2. The van der Waals surface area contributed by atoms with Gasteiger partial charge in [0.1, 0.15) is 23.7 Å². The zero-order valence-corrected chi connectivity index (χ0v) is 18.2. The van der Waals surface area contributed by atoms with E-state index in [1.54, 1.807) is 19.2 Å². The van der Waals surface area contributed by atoms with Crippen molar-refractivity contribution < 1.29 is 13.6 Å². The van der Waals surface area contributed by atoms with E-state index in [-0.39, 0.29) is 11.9 Å². The molecule has 3 heterocycles. The number of furan rings is 1. The molecule has 5 rings (SSSR count). The van der Waals surface area contributed by atoms with Gasteiger partial charge in [0.2, 0.25) is 12.1 Å². The molecule has 2 N–H and O–H groups in total. The van der Waals surface area contributed by atoms with E-state index in [0.717, 1.165) is 65.9 Å². The minimum Gasteiger partial charge on any atom is -0.437 e. The number of carbonyl (C=O) groups is 1. The molecular formula is C25H24FN5O2. The van der Waals surface area contributed by atoms with Gasteiger partial charge in [0, 0.05) is 43.0 Å². The van der Waals surface area contributed by atoms with E-state index in [9.17, 15) is 9.18 Å². The summed E-state index contributed by atoms with van der Waals surface area (Å²) in [6.45, 7) is 1.59. The van der Waals surface area contributed by atoms with Gasteiger partial charge in [0.05, 0.1) is 5.39 Å². The largest absolute Gasteiger partial charge is 0.437 e. The molecule has 0 bridgehead atoms. The van der Waals surface area contributed by atoms with Gasteiger partial charge in [-0.15, -0.1) is 0 Å². The lowest BCUT2D eigenvalue weighted by Gasteiger charge is -2.31. The van der Waals surface area contributed by atoms with E-state index in [1.165, 1.54) is 23.4 Å². The molecule has 2 aromatic heterocycles. The molecule has 1 fully saturated rings. The zero-order chi connectivity index (χ0) is 22.9. The summed E-state index contributed by atoms with van der Waals surface area (Å²) in [6, 6.07) is 14.0. The number of rotatable bonds is 5. The third-order valence-electron chi connectivity index (χ3n) is 6.14. The number of amides is 1. The summed E-state index contributed by atoms with van der Waals surface area (Å²) in [4.78, 5) is 23.8. The summed E-state index contributed by atoms with van der Waals surface area (Å²) in [7, 11) is 1.69. The number of piperidine rings is 1. The van der Waals surface area contributed by atoms with Gasteiger partial charge in [-0.25, -0.2) is 14.4 Å². The van der Waals surface area contributed by atoms with E-state index < -0.39 is 0 Å². The average Bonchev–Trinajstić information content (AvgIpc) is 3.24. The van der Waals surface area contributed by atoms with E-state index in [1.807, 2.05) is 24.3 Å². The Morgan fingerprint density at radius 1 is 1.06 bits per heavy atom. The fraction of sp³-hybridized carbons (Fsp3) is 0.240. The predicted molar refractivity (Wildman–Crippen MR) is 127 cm³/mol. The van der Waals surface area contributed by atoms with Crippen molar-refractivity contribution in [3.8, 4) is 22.5 Å². The van der Waals surface area contributed by atoms with Gasteiger partial charge in [-0.1, -0.05) is 12.1 Å². The average molecular weight is 445 g/mol. The summed E-state index contributed by atoms with van der Waals surface area (Å²) >= 11 is 0. The molecular weight excluding hydrogens is 421 g/mol. The molecule has 8 heteroatoms. The number of nitrogens with two attached hydrogens (primary N) is 1. The molecule has 1 saturated heterocycles. The van der Waals surface area contributed by atoms with E-state index in [0.29, 0.717) is 11.5 Å². The topological polar surface area (TPSA) is 88.5 Å². The summed E-state index contributed by atoms with van der Waals surface area (Å²) in [6.07, 6.45) is 4.03. The second kappa shape index (κ2) is 8.63. The van der Waals surface area contributed by atoms with Crippen LogP contribution < -0.4 is 15.5 Å². The summed E-state index contributed by atoms with van der Waals surface area (Å²) in [5.41, 5.74) is 9.78. The fourth-order valence-electron chi connectivity index (χ4n) is 4.27. The van der Waals surface area contributed by atoms with Gasteiger partial charge in [0.25, 0.3) is 0 Å². The molecule has 0 radical (unpaired) electrons. The Bertz CT molecular complexity index is 1280. The predicted octanol–water partition coefficient (Wildman–Crippen LogP) is 4.22. The van der Waals surface area contributed by atoms with Crippen molar-refractivity contribution in [1.82, 2.24) is 9.97 Å². The Labute approximate surface area is 190 Å². The van der Waals surface area contributed by atoms with Crippen molar-refractivity contribution in [2.75, 3.05) is 29.9 Å². The lowest BCUT2D eigenvalue weighted by Crippen LogP contribution is -2.40. The van der Waals surface area contributed by atoms with E-state index in [4.69, 9.17) is 10.2 Å². The normalized spacial score (nSPS) is 14.6. The minimum absolute atomic E-state index is 0.193. The highest BCUT2D eigenvalue weighted by Gasteiger charge is 2.26. The number of nitrogens with zero attached hydrogens (tertiary/aromatic N) is 4. The first-order chi connectivity index (χ1) is 16.0. The standard InChI is InChI=1S/C25H24FN5O2/c1-30(15-32)20-8-4-17(5-9-20)23-21(16-2-6-18(26)7-3-16)22-24(28-14-29-25(22)33-23)31-12-10-19(27)11-13-31/h2-9,14-15,19H,10-13,27H2,1H3. The number of fused-ring (bicyclic) bond motifs is 1. The lowest BCUT2D eigenvalue weighted by atomic mass is 9.98. The maximum absolute atomic E-state index is 13.7. The Hall–Kier alpha value is -3.78. The molecule has 0 aliphatic carbocycles. The van der Waals surface area contributed by atoms with Gasteiger partial charge in [-0.3, -0.25) is 4.79 Å². The third-order valence-corrected chi connectivity index (χ3v) is 6.14. The highest BCUT2D eigenvalue weighted by molar-refractivity contribution is 6.06. The van der Waals surface area contributed by atoms with Crippen LogP contribution in [0.25, 0.3) is 33.6 Å². The van der Waals surface area contributed by atoms with E-state index in [2.05, 4.69) is 14.9 Å². The summed E-state index contributed by atoms with van der Waals surface area (Å²) in [5.74, 6) is 1.10. The second-order valence-corrected chi connectivity index (χ2v) is 8.28. The molecule has 1 aliphatic rings. The molecule has 0 unspecified atom stereocenters. The number of hydrogen-bond acceptors (Lipinski definition) is 6. The van der Waals surface area contributed by atoms with Crippen molar-refractivity contribution >= 4 is 29.0 Å². The van der Waals surface area contributed by atoms with Gasteiger partial charge in [0.15, 0.2) is 0 Å². The van der Waals surface area contributed by atoms with Gasteiger partial charge < -0.3 is 20.0 Å². The van der Waals surface area contributed by atoms with Crippen LogP contribution in [0, 0.1) is 5.82 Å². The fourth-order valence-corrected chi connectivity index (χ4v) is 4.27. The van der Waals surface area contributed by atoms with Crippen LogP contribution in [0.3, 0.4) is 0 Å². The molecule has 1 aliphatic heterocycles. The Balaban J connectivity index is 1.71. The second-order valence-electron chi connectivity index (χ2n) is 8.28. The van der Waals surface area contributed by atoms with Crippen LogP contribution in [-0.4, -0.2) is 42.6 Å². The molecule has 0 spiro atoms. The quantitative estimate of drug-likeness (QED) is 0.463. The molecule has 2 aromatic carbocycles. The first-order valence-electron chi connectivity index (χ1n) is 10.9.